The predicted molar refractivity (Wildman–Crippen MR) is 236 cm³/mol. The van der Waals surface area contributed by atoms with Gasteiger partial charge in [-0.15, -0.1) is 0 Å². The van der Waals surface area contributed by atoms with E-state index >= 15 is 0 Å². The first-order valence-electron chi connectivity index (χ1n) is 21.1. The summed E-state index contributed by atoms with van der Waals surface area (Å²) in [5.74, 6) is -0.281. The number of para-hydroxylation sites is 1. The molecule has 4 heterocycles. The second kappa shape index (κ2) is 16.1. The molecular formula is C46H52N7O6PS. The molecule has 4 bridgehead atoms. The van der Waals surface area contributed by atoms with Crippen LogP contribution in [0.3, 0.4) is 0 Å². The van der Waals surface area contributed by atoms with Gasteiger partial charge in [-0.1, -0.05) is 26.0 Å². The average molecular weight is 862 g/mol. The Hall–Kier alpha value is -4.84. The molecule has 3 N–H and O–H groups in total. The Balaban J connectivity index is 0.989. The molecule has 0 spiro atoms. The SMILES string of the molecule is CNCCOC12CC3(C)CC(C)(CC(Cn4ncc(-c5ccc(N6CCc7c(OCCC#P=O)ccc(C(=O)Nc8nc9ccccc9s8)c7C6)nc5C(=O)O)c4C)(C3)C1)C2. The van der Waals surface area contributed by atoms with Crippen molar-refractivity contribution in [1.82, 2.24) is 25.1 Å². The van der Waals surface area contributed by atoms with Gasteiger partial charge in [-0.05, 0) is 80.9 Å². The molecule has 0 saturated heterocycles. The number of aromatic nitrogens is 4. The van der Waals surface area contributed by atoms with Crippen molar-refractivity contribution < 1.29 is 28.7 Å². The van der Waals surface area contributed by atoms with Gasteiger partial charge in [-0.25, -0.2) is 4.79 Å². The van der Waals surface area contributed by atoms with Crippen molar-refractivity contribution in [2.24, 2.45) is 16.2 Å². The monoisotopic (exact) mass is 861 g/mol. The fourth-order valence-electron chi connectivity index (χ4n) is 12.2. The number of benzene rings is 2. The van der Waals surface area contributed by atoms with Crippen molar-refractivity contribution >= 4 is 52.3 Å². The third kappa shape index (κ3) is 8.05. The van der Waals surface area contributed by atoms with Crippen LogP contribution in [-0.2, 0) is 28.8 Å². The Kier molecular flexibility index (Phi) is 11.0. The van der Waals surface area contributed by atoms with Crippen LogP contribution in [0.2, 0.25) is 0 Å². The van der Waals surface area contributed by atoms with Crippen LogP contribution in [0.4, 0.5) is 10.9 Å². The Morgan fingerprint density at radius 2 is 1.77 bits per heavy atom. The number of nitrogens with zero attached hydrogens (tertiary/aromatic N) is 5. The van der Waals surface area contributed by atoms with Crippen LogP contribution in [0.1, 0.15) is 96.5 Å². The molecule has 5 aliphatic rings. The molecule has 4 fully saturated rings. The Labute approximate surface area is 360 Å². The first-order valence-corrected chi connectivity index (χ1v) is 22.8. The number of aromatic carboxylic acids is 1. The topological polar surface area (TPSA) is 161 Å². The van der Waals surface area contributed by atoms with E-state index < -0.39 is 5.97 Å². The molecule has 1 aliphatic heterocycles. The Morgan fingerprint density at radius 3 is 2.52 bits per heavy atom. The second-order valence-electron chi connectivity index (χ2n) is 18.5. The van der Waals surface area contributed by atoms with Crippen molar-refractivity contribution in [3.05, 3.63) is 82.8 Å². The van der Waals surface area contributed by atoms with Crippen molar-refractivity contribution in [2.75, 3.05) is 43.6 Å². The summed E-state index contributed by atoms with van der Waals surface area (Å²) in [5.41, 5.74) is 8.13. The molecule has 1 amide bonds. The maximum absolute atomic E-state index is 13.9. The number of rotatable bonds is 14. The van der Waals surface area contributed by atoms with E-state index in [1.807, 2.05) is 55.3 Å². The number of carbonyl (C=O) groups excluding carboxylic acids is 1. The smallest absolute Gasteiger partial charge is 0.476 e. The van der Waals surface area contributed by atoms with E-state index in [2.05, 4.69) is 39.8 Å². The number of thiazole rings is 1. The van der Waals surface area contributed by atoms with Gasteiger partial charge in [0.2, 0.25) is 0 Å². The van der Waals surface area contributed by atoms with Gasteiger partial charge in [0.25, 0.3) is 0 Å². The van der Waals surface area contributed by atoms with E-state index in [4.69, 9.17) is 19.6 Å². The zero-order valence-corrected chi connectivity index (χ0v) is 36.9. The summed E-state index contributed by atoms with van der Waals surface area (Å²) in [7, 11) is 1.79. The van der Waals surface area contributed by atoms with Gasteiger partial charge in [-0.2, -0.15) is 5.10 Å². The van der Waals surface area contributed by atoms with Crippen LogP contribution >= 0.6 is 19.3 Å². The summed E-state index contributed by atoms with van der Waals surface area (Å²) in [4.78, 5) is 38.3. The third-order valence-electron chi connectivity index (χ3n) is 13.4. The second-order valence-corrected chi connectivity index (χ2v) is 20.0. The summed E-state index contributed by atoms with van der Waals surface area (Å²) in [5, 5.41) is 22.3. The predicted octanol–water partition coefficient (Wildman–Crippen LogP) is 8.75. The summed E-state index contributed by atoms with van der Waals surface area (Å²) in [6.45, 7) is 10.3. The van der Waals surface area contributed by atoms with Crippen molar-refractivity contribution in [1.29, 1.82) is 0 Å². The molecular weight excluding hydrogens is 810 g/mol. The molecule has 4 aliphatic carbocycles. The van der Waals surface area contributed by atoms with Gasteiger partial charge in [-0.3, -0.25) is 4.68 Å². The number of nitrogens with one attached hydrogen (secondary N) is 2. The number of ether oxygens (including phenoxy) is 2. The number of carboxylic acids is 1. The fraction of sp³-hybridized carbons (Fsp3) is 0.478. The number of carbonyl (C=O) groups is 2. The molecule has 13 nitrogen and oxygen atoms in total. The molecule has 2 aromatic carbocycles. The quantitative estimate of drug-likeness (QED) is 0.0724. The summed E-state index contributed by atoms with van der Waals surface area (Å²) in [6, 6.07) is 15.0. The fourth-order valence-corrected chi connectivity index (χ4v) is 13.3. The molecule has 15 heteroatoms. The number of amides is 1. The van der Waals surface area contributed by atoms with Crippen LogP contribution in [0.5, 0.6) is 5.75 Å². The van der Waals surface area contributed by atoms with E-state index in [0.29, 0.717) is 60.4 Å². The number of anilines is 2. The minimum Gasteiger partial charge on any atom is -0.476 e. The molecule has 61 heavy (non-hydrogen) atoms. The number of likely N-dealkylation sites (N-methyl/N-ethyl adjacent to an activating group) is 1. The summed E-state index contributed by atoms with van der Waals surface area (Å²) >= 11 is 1.41. The molecule has 318 valence electrons. The maximum atomic E-state index is 13.9. The molecule has 10 rings (SSSR count). The van der Waals surface area contributed by atoms with Gasteiger partial charge in [0.05, 0.1) is 28.6 Å². The minimum atomic E-state index is -1.12. The van der Waals surface area contributed by atoms with E-state index in [9.17, 15) is 19.3 Å². The number of fused-ring (bicyclic) bond motifs is 2. The Morgan fingerprint density at radius 1 is 0.967 bits per heavy atom. The number of hydrogen-bond acceptors (Lipinski definition) is 11. The number of hydrogen-bond donors (Lipinski definition) is 3. The zero-order valence-electron chi connectivity index (χ0n) is 35.2. The Bertz CT molecular complexity index is 2610. The molecule has 2 unspecified atom stereocenters. The number of pyridine rings is 1. The molecule has 3 aromatic heterocycles. The first-order chi connectivity index (χ1) is 29.3. The van der Waals surface area contributed by atoms with Gasteiger partial charge < -0.3 is 15.2 Å². The average Bonchev–Trinajstić information content (AvgIpc) is 3.79. The van der Waals surface area contributed by atoms with Gasteiger partial charge in [0.15, 0.2) is 0 Å². The van der Waals surface area contributed by atoms with E-state index in [1.165, 1.54) is 17.8 Å². The number of carboxylic acid groups (broad SMARTS) is 1. The standard InChI is InChI=1S/C46H52N7O6PS/c1-29-33(20-48-53(29)28-45-23-43(2)22-44(3,24-45)26-46(25-43,27-45)59-18-15-47-4)31-11-13-38(50-39(31)41(55)56)52-16-14-30-34(21-52)32(10-12-36(30)58-17-7-19-60-57)40(54)51-42-49-35-8-5-6-9-37(35)61-42/h5-6,8-13,20,47H,7,14-18,21-28H2,1-4H3,(H,55,56)(H,49,51,54). The first kappa shape index (κ1) is 41.5. The molecule has 4 saturated carbocycles. The zero-order chi connectivity index (χ0) is 42.6. The summed E-state index contributed by atoms with van der Waals surface area (Å²) in [6.07, 6.45) is 9.40. The summed E-state index contributed by atoms with van der Waals surface area (Å²) < 4.78 is 26.9. The normalized spacial score (nSPS) is 25.0. The molecule has 2 atom stereocenters. The van der Waals surface area contributed by atoms with Gasteiger partial charge in [0.1, 0.15) is 0 Å². The minimum absolute atomic E-state index is 0.0385. The van der Waals surface area contributed by atoms with Crippen molar-refractivity contribution in [3.8, 4) is 22.5 Å². The van der Waals surface area contributed by atoms with E-state index in [-0.39, 0.29) is 48.0 Å². The molecule has 5 aromatic rings. The van der Waals surface area contributed by atoms with Crippen LogP contribution in [0, 0.1) is 28.8 Å². The molecule has 0 radical (unpaired) electrons. The van der Waals surface area contributed by atoms with Crippen LogP contribution in [0.25, 0.3) is 21.3 Å². The third-order valence-corrected chi connectivity index (χ3v) is 14.7. The van der Waals surface area contributed by atoms with E-state index in [0.717, 1.165) is 77.8 Å². The van der Waals surface area contributed by atoms with Crippen molar-refractivity contribution in [2.45, 2.75) is 90.8 Å². The van der Waals surface area contributed by atoms with Gasteiger partial charge in [0, 0.05) is 29.9 Å². The van der Waals surface area contributed by atoms with E-state index in [1.54, 1.807) is 18.3 Å². The van der Waals surface area contributed by atoms with Crippen LogP contribution in [0.15, 0.2) is 54.7 Å². The van der Waals surface area contributed by atoms with Crippen molar-refractivity contribution in [3.63, 3.8) is 0 Å². The van der Waals surface area contributed by atoms with Gasteiger partial charge >= 0.3 is 167 Å². The van der Waals surface area contributed by atoms with Crippen LogP contribution in [-0.4, -0.2) is 75.7 Å². The van der Waals surface area contributed by atoms with Crippen LogP contribution < -0.4 is 20.3 Å².